The van der Waals surface area contributed by atoms with Gasteiger partial charge in [-0.25, -0.2) is 9.37 Å². The smallest absolute Gasteiger partial charge is 0.201 e. The van der Waals surface area contributed by atoms with Gasteiger partial charge < -0.3 is 19.6 Å². The van der Waals surface area contributed by atoms with Crippen LogP contribution in [0.5, 0.6) is 5.75 Å². The summed E-state index contributed by atoms with van der Waals surface area (Å²) >= 11 is 0. The van der Waals surface area contributed by atoms with Crippen molar-refractivity contribution in [2.24, 2.45) is 12.5 Å². The van der Waals surface area contributed by atoms with Gasteiger partial charge in [-0.1, -0.05) is 20.8 Å². The average Bonchev–Trinajstić information content (AvgIpc) is 3.37. The highest BCUT2D eigenvalue weighted by atomic mass is 19.2. The molecule has 1 fully saturated rings. The van der Waals surface area contributed by atoms with E-state index in [4.69, 9.17) is 4.74 Å². The molecule has 0 amide bonds. The Labute approximate surface area is 221 Å². The average molecular weight is 524 g/mol. The van der Waals surface area contributed by atoms with Crippen molar-refractivity contribution in [2.75, 3.05) is 7.05 Å². The van der Waals surface area contributed by atoms with E-state index in [1.165, 1.54) is 0 Å². The first kappa shape index (κ1) is 26.3. The van der Waals surface area contributed by atoms with Crippen molar-refractivity contribution >= 4 is 5.65 Å². The van der Waals surface area contributed by atoms with Crippen molar-refractivity contribution in [1.82, 2.24) is 24.5 Å². The fourth-order valence-electron chi connectivity index (χ4n) is 5.21. The summed E-state index contributed by atoms with van der Waals surface area (Å²) in [6.45, 7) is 8.56. The van der Waals surface area contributed by atoms with Gasteiger partial charge in [0.2, 0.25) is 5.82 Å². The Morgan fingerprint density at radius 3 is 2.61 bits per heavy atom. The largest absolute Gasteiger partial charge is 0.487 e. The van der Waals surface area contributed by atoms with Crippen LogP contribution in [0.4, 0.5) is 8.78 Å². The molecule has 0 aliphatic heterocycles. The lowest BCUT2D eigenvalue weighted by atomic mass is 9.74. The maximum Gasteiger partial charge on any atom is 0.201 e. The Kier molecular flexibility index (Phi) is 6.77. The summed E-state index contributed by atoms with van der Waals surface area (Å²) in [5.41, 5.74) is 5.26. The van der Waals surface area contributed by atoms with E-state index >= 15 is 4.39 Å². The summed E-state index contributed by atoms with van der Waals surface area (Å²) in [6, 6.07) is 6.38. The maximum atomic E-state index is 15.1. The first-order valence-corrected chi connectivity index (χ1v) is 13.0. The Morgan fingerprint density at radius 1 is 1.18 bits per heavy atom. The molecule has 4 aromatic rings. The molecule has 0 saturated heterocycles. The molecule has 7 nitrogen and oxygen atoms in total. The van der Waals surface area contributed by atoms with Gasteiger partial charge in [-0.3, -0.25) is 4.68 Å². The highest BCUT2D eigenvalue weighted by Gasteiger charge is 2.40. The molecule has 1 atom stereocenters. The third-order valence-electron chi connectivity index (χ3n) is 7.58. The second-order valence-corrected chi connectivity index (χ2v) is 11.3. The molecule has 0 spiro atoms. The normalized spacial score (nSPS) is 18.6. The van der Waals surface area contributed by atoms with Gasteiger partial charge in [-0.05, 0) is 62.4 Å². The van der Waals surface area contributed by atoms with Crippen LogP contribution in [0.1, 0.15) is 68.3 Å². The molecule has 1 saturated carbocycles. The van der Waals surface area contributed by atoms with Crippen molar-refractivity contribution in [3.05, 3.63) is 70.9 Å². The molecule has 0 bridgehead atoms. The molecule has 0 unspecified atom stereocenters. The Hall–Kier alpha value is -3.30. The number of fused-ring (bicyclic) bond motifs is 1. The molecule has 2 N–H and O–H groups in total. The number of aromatic nitrogens is 4. The van der Waals surface area contributed by atoms with Crippen LogP contribution >= 0.6 is 0 Å². The predicted molar refractivity (Wildman–Crippen MR) is 142 cm³/mol. The number of aliphatic hydroxyl groups is 1. The number of hydrogen-bond donors (Lipinski definition) is 2. The number of aliphatic hydroxyl groups excluding tert-OH is 1. The molecular weight excluding hydrogens is 488 g/mol. The fourth-order valence-corrected chi connectivity index (χ4v) is 5.21. The minimum atomic E-state index is -0.992. The van der Waals surface area contributed by atoms with Gasteiger partial charge >= 0.3 is 0 Å². The van der Waals surface area contributed by atoms with E-state index in [9.17, 15) is 9.50 Å². The summed E-state index contributed by atoms with van der Waals surface area (Å²) in [7, 11) is 3.73. The highest BCUT2D eigenvalue weighted by Crippen LogP contribution is 2.46. The lowest BCUT2D eigenvalue weighted by Crippen LogP contribution is -2.34. The molecule has 3 heterocycles. The zero-order chi connectivity index (χ0) is 27.4. The van der Waals surface area contributed by atoms with Gasteiger partial charge in [0.25, 0.3) is 0 Å². The number of benzene rings is 1. The van der Waals surface area contributed by atoms with Crippen LogP contribution in [0.2, 0.25) is 0 Å². The molecule has 9 heteroatoms. The van der Waals surface area contributed by atoms with E-state index in [-0.39, 0.29) is 23.2 Å². The summed E-state index contributed by atoms with van der Waals surface area (Å²) in [6.07, 6.45) is 3.91. The minimum absolute atomic E-state index is 0.0825. The summed E-state index contributed by atoms with van der Waals surface area (Å²) in [5.74, 6) is -1.90. The lowest BCUT2D eigenvalue weighted by molar-refractivity contribution is 0.0538. The van der Waals surface area contributed by atoms with Gasteiger partial charge in [-0.15, -0.1) is 0 Å². The molecule has 3 aromatic heterocycles. The van der Waals surface area contributed by atoms with E-state index in [0.717, 1.165) is 28.7 Å². The van der Waals surface area contributed by atoms with Crippen LogP contribution in [-0.2, 0) is 13.6 Å². The van der Waals surface area contributed by atoms with E-state index in [2.05, 4.69) is 15.4 Å². The number of nitrogens with one attached hydrogen (secondary N) is 1. The summed E-state index contributed by atoms with van der Waals surface area (Å²) < 4.78 is 39.4. The van der Waals surface area contributed by atoms with Crippen LogP contribution < -0.4 is 10.1 Å². The zero-order valence-electron chi connectivity index (χ0n) is 22.7. The fraction of sp³-hybridized carbons (Fsp3) is 0.448. The number of pyridine rings is 1. The lowest BCUT2D eigenvalue weighted by Gasteiger charge is -2.37. The van der Waals surface area contributed by atoms with Gasteiger partial charge in [0.1, 0.15) is 17.9 Å². The molecule has 202 valence electrons. The number of ether oxygens (including phenoxy) is 1. The van der Waals surface area contributed by atoms with E-state index in [0.29, 0.717) is 36.2 Å². The zero-order valence-corrected chi connectivity index (χ0v) is 22.7. The van der Waals surface area contributed by atoms with Crippen LogP contribution in [0.25, 0.3) is 16.8 Å². The van der Waals surface area contributed by atoms with Crippen LogP contribution in [0.15, 0.2) is 36.7 Å². The number of imidazole rings is 1. The molecule has 1 aliphatic rings. The standard InChI is InChI=1S/C29H35F2N5O2/c1-16-24(26(34-35(16)6)28(37)29(2,3)4)18-11-20(12-18)38-27-21(8-9-22(30)25(27)31)17-7-10-23-33-14-19(13-32-5)36(23)15-17/h7-10,14-15,18,20,28,32,37H,11-13H2,1-6H3/t18?,20?,28-/m0/s1. The third kappa shape index (κ3) is 4.58. The van der Waals surface area contributed by atoms with Crippen molar-refractivity contribution < 1.29 is 18.6 Å². The molecule has 0 radical (unpaired) electrons. The molecular formula is C29H35F2N5O2. The van der Waals surface area contributed by atoms with Crippen LogP contribution in [-0.4, -0.2) is 37.4 Å². The summed E-state index contributed by atoms with van der Waals surface area (Å²) in [5, 5.41) is 18.7. The van der Waals surface area contributed by atoms with E-state index in [1.807, 2.05) is 64.5 Å². The maximum absolute atomic E-state index is 15.1. The SMILES string of the molecule is CNCc1cnc2ccc(-c3ccc(F)c(F)c3OC3CC(c4c([C@H](O)C(C)(C)C)nn(C)c4C)C3)cn12. The molecule has 38 heavy (non-hydrogen) atoms. The first-order valence-electron chi connectivity index (χ1n) is 13.0. The van der Waals surface area contributed by atoms with Crippen LogP contribution in [0, 0.1) is 24.0 Å². The molecule has 1 aliphatic carbocycles. The highest BCUT2D eigenvalue weighted by molar-refractivity contribution is 5.71. The van der Waals surface area contributed by atoms with Crippen molar-refractivity contribution in [3.8, 4) is 16.9 Å². The van der Waals surface area contributed by atoms with Gasteiger partial charge in [0.05, 0.1) is 17.6 Å². The van der Waals surface area contributed by atoms with E-state index < -0.39 is 17.7 Å². The third-order valence-corrected chi connectivity index (χ3v) is 7.58. The second-order valence-electron chi connectivity index (χ2n) is 11.3. The topological polar surface area (TPSA) is 76.6 Å². The van der Waals surface area contributed by atoms with Crippen LogP contribution in [0.3, 0.4) is 0 Å². The second kappa shape index (κ2) is 9.78. The van der Waals surface area contributed by atoms with E-state index in [1.54, 1.807) is 16.9 Å². The Balaban J connectivity index is 1.42. The number of rotatable bonds is 7. The van der Waals surface area contributed by atoms with Gasteiger partial charge in [0, 0.05) is 42.2 Å². The van der Waals surface area contributed by atoms with Gasteiger partial charge in [-0.2, -0.15) is 9.49 Å². The number of aryl methyl sites for hydroxylation is 1. The molecule has 1 aromatic carbocycles. The van der Waals surface area contributed by atoms with Crippen molar-refractivity contribution in [1.29, 1.82) is 0 Å². The summed E-state index contributed by atoms with van der Waals surface area (Å²) in [4.78, 5) is 4.41. The quantitative estimate of drug-likeness (QED) is 0.337. The minimum Gasteiger partial charge on any atom is -0.487 e. The Morgan fingerprint density at radius 2 is 1.92 bits per heavy atom. The Bertz CT molecular complexity index is 1480. The predicted octanol–water partition coefficient (Wildman–Crippen LogP) is 5.45. The van der Waals surface area contributed by atoms with Gasteiger partial charge in [0.15, 0.2) is 11.6 Å². The molecule has 5 rings (SSSR count). The number of hydrogen-bond acceptors (Lipinski definition) is 5. The van der Waals surface area contributed by atoms with Crippen molar-refractivity contribution in [2.45, 2.75) is 65.2 Å². The number of nitrogens with zero attached hydrogens (tertiary/aromatic N) is 4. The monoisotopic (exact) mass is 523 g/mol. The number of halogens is 2. The van der Waals surface area contributed by atoms with Crippen molar-refractivity contribution in [3.63, 3.8) is 0 Å². The first-order chi connectivity index (χ1) is 18.0.